The molecule has 0 atom stereocenters. The van der Waals surface area contributed by atoms with Crippen molar-refractivity contribution in [2.24, 2.45) is 0 Å². The minimum absolute atomic E-state index is 0.247. The van der Waals surface area contributed by atoms with Crippen LogP contribution in [-0.2, 0) is 5.41 Å². The molecule has 0 saturated heterocycles. The van der Waals surface area contributed by atoms with Gasteiger partial charge < -0.3 is 4.57 Å². The summed E-state index contributed by atoms with van der Waals surface area (Å²) in [5.41, 5.74) is 1.73. The molecule has 0 amide bonds. The van der Waals surface area contributed by atoms with E-state index < -0.39 is 0 Å². The first-order valence-corrected chi connectivity index (χ1v) is 7.04. The predicted molar refractivity (Wildman–Crippen MR) is 73.5 cm³/mol. The maximum atomic E-state index is 2.49. The summed E-state index contributed by atoms with van der Waals surface area (Å²) in [4.78, 5) is 0. The van der Waals surface area contributed by atoms with E-state index in [1.54, 1.807) is 0 Å². The van der Waals surface area contributed by atoms with Crippen molar-refractivity contribution in [1.29, 1.82) is 0 Å². The normalized spacial score (nSPS) is 12.1. The summed E-state index contributed by atoms with van der Waals surface area (Å²) in [7, 11) is 0.801. The van der Waals surface area contributed by atoms with Crippen LogP contribution in [0.5, 0.6) is 0 Å². The standard InChI is InChI=1S/C14H23NSi/c1-6-15(7-2)16-13-11-9-8-10-12(13)14(3,4)5/h8-11H,6-7H2,1-5H3. The molecule has 0 heterocycles. The summed E-state index contributed by atoms with van der Waals surface area (Å²) in [6.45, 7) is 13.6. The smallest absolute Gasteiger partial charge is 0.182 e. The molecule has 16 heavy (non-hydrogen) atoms. The third-order valence-electron chi connectivity index (χ3n) is 2.78. The first-order chi connectivity index (χ1) is 7.49. The molecule has 0 aliphatic rings. The number of rotatable bonds is 4. The Hall–Kier alpha value is -0.603. The highest BCUT2D eigenvalue weighted by Gasteiger charge is 2.18. The van der Waals surface area contributed by atoms with E-state index in [9.17, 15) is 0 Å². The fraction of sp³-hybridized carbons (Fsp3) is 0.571. The van der Waals surface area contributed by atoms with Gasteiger partial charge in [0.25, 0.3) is 0 Å². The van der Waals surface area contributed by atoms with Crippen molar-refractivity contribution in [2.75, 3.05) is 13.1 Å². The maximum Gasteiger partial charge on any atom is 0.182 e. The highest BCUT2D eigenvalue weighted by atomic mass is 28.2. The zero-order valence-electron chi connectivity index (χ0n) is 11.2. The van der Waals surface area contributed by atoms with Crippen LogP contribution in [0.4, 0.5) is 0 Å². The molecule has 0 aliphatic heterocycles. The third kappa shape index (κ3) is 3.46. The average Bonchev–Trinajstić information content (AvgIpc) is 2.25. The van der Waals surface area contributed by atoms with Crippen molar-refractivity contribution in [2.45, 2.75) is 40.0 Å². The van der Waals surface area contributed by atoms with Gasteiger partial charge >= 0.3 is 0 Å². The number of nitrogens with zero attached hydrogens (tertiary/aromatic N) is 1. The summed E-state index contributed by atoms with van der Waals surface area (Å²) < 4.78 is 2.49. The lowest BCUT2D eigenvalue weighted by atomic mass is 9.87. The molecule has 0 unspecified atom stereocenters. The van der Waals surface area contributed by atoms with Crippen molar-refractivity contribution in [3.63, 3.8) is 0 Å². The fourth-order valence-corrected chi connectivity index (χ4v) is 3.19. The zero-order chi connectivity index (χ0) is 12.2. The van der Waals surface area contributed by atoms with Crippen molar-refractivity contribution in [3.05, 3.63) is 29.8 Å². The van der Waals surface area contributed by atoms with Gasteiger partial charge in [0.05, 0.1) is 0 Å². The molecule has 0 aromatic heterocycles. The van der Waals surface area contributed by atoms with Crippen molar-refractivity contribution < 1.29 is 0 Å². The van der Waals surface area contributed by atoms with Gasteiger partial charge in [-0.3, -0.25) is 0 Å². The summed E-state index contributed by atoms with van der Waals surface area (Å²) in [5, 5.41) is 1.50. The van der Waals surface area contributed by atoms with E-state index in [-0.39, 0.29) is 5.41 Å². The van der Waals surface area contributed by atoms with Crippen LogP contribution in [0.1, 0.15) is 40.2 Å². The van der Waals surface area contributed by atoms with Crippen molar-refractivity contribution in [1.82, 2.24) is 4.57 Å². The van der Waals surface area contributed by atoms with Crippen LogP contribution in [0, 0.1) is 0 Å². The second-order valence-electron chi connectivity index (χ2n) is 5.08. The van der Waals surface area contributed by atoms with Crippen LogP contribution in [0.2, 0.25) is 0 Å². The van der Waals surface area contributed by atoms with E-state index in [4.69, 9.17) is 0 Å². The van der Waals surface area contributed by atoms with Gasteiger partial charge in [0.1, 0.15) is 0 Å². The molecule has 1 aromatic carbocycles. The summed E-state index contributed by atoms with van der Waals surface area (Å²) in [5.74, 6) is 0. The van der Waals surface area contributed by atoms with Crippen LogP contribution in [0.3, 0.4) is 0 Å². The molecule has 1 rings (SSSR count). The van der Waals surface area contributed by atoms with Gasteiger partial charge in [0.2, 0.25) is 0 Å². The van der Waals surface area contributed by atoms with Crippen LogP contribution < -0.4 is 5.19 Å². The van der Waals surface area contributed by atoms with E-state index in [1.165, 1.54) is 10.8 Å². The SMILES string of the molecule is CCN(CC)[Si]c1ccccc1C(C)(C)C. The second-order valence-corrected chi connectivity index (χ2v) is 6.47. The molecule has 0 fully saturated rings. The van der Waals surface area contributed by atoms with E-state index in [0.717, 1.165) is 22.8 Å². The van der Waals surface area contributed by atoms with Gasteiger partial charge in [0.15, 0.2) is 9.68 Å². The Balaban J connectivity index is 2.95. The molecule has 0 spiro atoms. The number of benzene rings is 1. The van der Waals surface area contributed by atoms with E-state index in [0.29, 0.717) is 0 Å². The molecule has 0 bridgehead atoms. The summed E-state index contributed by atoms with van der Waals surface area (Å²) in [6.07, 6.45) is 0. The highest BCUT2D eigenvalue weighted by molar-refractivity contribution is 6.51. The highest BCUT2D eigenvalue weighted by Crippen LogP contribution is 2.19. The van der Waals surface area contributed by atoms with Crippen molar-refractivity contribution >= 4 is 14.9 Å². The Morgan fingerprint density at radius 3 is 2.12 bits per heavy atom. The quantitative estimate of drug-likeness (QED) is 0.723. The molecule has 88 valence electrons. The largest absolute Gasteiger partial charge is 0.322 e. The van der Waals surface area contributed by atoms with Crippen molar-refractivity contribution in [3.8, 4) is 0 Å². The first-order valence-electron chi connectivity index (χ1n) is 6.10. The van der Waals surface area contributed by atoms with Gasteiger partial charge in [0, 0.05) is 0 Å². The lowest BCUT2D eigenvalue weighted by molar-refractivity contribution is 0.497. The Morgan fingerprint density at radius 2 is 1.62 bits per heavy atom. The Labute approximate surface area is 103 Å². The Morgan fingerprint density at radius 1 is 1.06 bits per heavy atom. The maximum absolute atomic E-state index is 2.49. The Bertz CT molecular complexity index is 324. The van der Waals surface area contributed by atoms with Crippen LogP contribution in [0.15, 0.2) is 24.3 Å². The predicted octanol–water partition coefficient (Wildman–Crippen LogP) is 2.57. The van der Waals surface area contributed by atoms with Crippen LogP contribution >= 0.6 is 0 Å². The zero-order valence-corrected chi connectivity index (χ0v) is 12.2. The lowest BCUT2D eigenvalue weighted by Gasteiger charge is -2.25. The van der Waals surface area contributed by atoms with Crippen LogP contribution in [-0.4, -0.2) is 27.3 Å². The molecule has 0 aliphatic carbocycles. The average molecular weight is 233 g/mol. The topological polar surface area (TPSA) is 3.24 Å². The molecule has 0 saturated carbocycles. The van der Waals surface area contributed by atoms with Gasteiger partial charge in [-0.25, -0.2) is 0 Å². The van der Waals surface area contributed by atoms with E-state index in [1.807, 2.05) is 0 Å². The number of hydrogen-bond acceptors (Lipinski definition) is 1. The molecule has 2 radical (unpaired) electrons. The van der Waals surface area contributed by atoms with Gasteiger partial charge in [-0.05, 0) is 29.3 Å². The molecule has 2 heteroatoms. The number of hydrogen-bond donors (Lipinski definition) is 0. The molecule has 0 N–H and O–H groups in total. The van der Waals surface area contributed by atoms with Gasteiger partial charge in [-0.15, -0.1) is 0 Å². The first kappa shape index (κ1) is 13.5. The van der Waals surface area contributed by atoms with E-state index >= 15 is 0 Å². The second kappa shape index (κ2) is 5.64. The van der Waals surface area contributed by atoms with E-state index in [2.05, 4.69) is 63.4 Å². The van der Waals surface area contributed by atoms with Crippen LogP contribution in [0.25, 0.3) is 0 Å². The third-order valence-corrected chi connectivity index (χ3v) is 4.40. The molecular weight excluding hydrogens is 210 g/mol. The summed E-state index contributed by atoms with van der Waals surface area (Å²) in [6, 6.07) is 8.85. The van der Waals surface area contributed by atoms with Gasteiger partial charge in [-0.2, -0.15) is 0 Å². The minimum Gasteiger partial charge on any atom is -0.322 e. The lowest BCUT2D eigenvalue weighted by Crippen LogP contribution is -2.39. The Kier molecular flexibility index (Phi) is 4.75. The molecule has 1 nitrogen and oxygen atoms in total. The molecule has 1 aromatic rings. The fourth-order valence-electron chi connectivity index (χ4n) is 1.79. The summed E-state index contributed by atoms with van der Waals surface area (Å²) >= 11 is 0. The molecular formula is C14H23NSi. The van der Waals surface area contributed by atoms with Gasteiger partial charge in [-0.1, -0.05) is 58.9 Å². The minimum atomic E-state index is 0.247. The monoisotopic (exact) mass is 233 g/mol.